The van der Waals surface area contributed by atoms with Gasteiger partial charge in [0.1, 0.15) is 10.7 Å². The van der Waals surface area contributed by atoms with Gasteiger partial charge in [-0.1, -0.05) is 77.8 Å². The zero-order valence-corrected chi connectivity index (χ0v) is 29.4. The second-order valence-electron chi connectivity index (χ2n) is 11.9. The van der Waals surface area contributed by atoms with Gasteiger partial charge in [0, 0.05) is 43.3 Å². The number of nitrogens with two attached hydrogens (primary N) is 1. The third-order valence-corrected chi connectivity index (χ3v) is 11.4. The van der Waals surface area contributed by atoms with E-state index in [0.717, 1.165) is 15.4 Å². The van der Waals surface area contributed by atoms with Crippen molar-refractivity contribution in [1.82, 2.24) is 19.4 Å². The van der Waals surface area contributed by atoms with Gasteiger partial charge in [0.2, 0.25) is 21.8 Å². The van der Waals surface area contributed by atoms with Crippen LogP contribution in [-0.4, -0.2) is 90.6 Å². The fourth-order valence-corrected chi connectivity index (χ4v) is 7.72. The molecule has 3 aromatic rings. The fourth-order valence-electron chi connectivity index (χ4n) is 5.54. The van der Waals surface area contributed by atoms with E-state index in [-0.39, 0.29) is 47.2 Å². The number of rotatable bonds is 14. The van der Waals surface area contributed by atoms with Crippen LogP contribution in [0.1, 0.15) is 35.1 Å². The van der Waals surface area contributed by atoms with Crippen LogP contribution in [0.5, 0.6) is 0 Å². The van der Waals surface area contributed by atoms with Gasteiger partial charge in [-0.15, -0.1) is 0 Å². The smallest absolute Gasteiger partial charge is 0.407 e. The molecule has 0 unspecified atom stereocenters. The van der Waals surface area contributed by atoms with Crippen LogP contribution in [0.25, 0.3) is 0 Å². The first-order chi connectivity index (χ1) is 23.3. The van der Waals surface area contributed by atoms with Crippen molar-refractivity contribution in [1.29, 1.82) is 5.41 Å². The van der Waals surface area contributed by atoms with E-state index in [1.807, 2.05) is 30.3 Å². The van der Waals surface area contributed by atoms with E-state index >= 15 is 0 Å². The van der Waals surface area contributed by atoms with Crippen molar-refractivity contribution in [3.8, 4) is 0 Å². The molecular weight excluding hydrogens is 691 g/mol. The summed E-state index contributed by atoms with van der Waals surface area (Å²) in [5, 5.41) is 19.8. The second kappa shape index (κ2) is 17.0. The van der Waals surface area contributed by atoms with Crippen LogP contribution in [0.3, 0.4) is 0 Å². The molecule has 3 aromatic carbocycles. The summed E-state index contributed by atoms with van der Waals surface area (Å²) in [6.45, 7) is 1.90. The topological polar surface area (TPSA) is 177 Å². The highest BCUT2D eigenvalue weighted by Crippen LogP contribution is 2.32. The Hall–Kier alpha value is -4.17. The molecule has 15 heteroatoms. The Morgan fingerprint density at radius 3 is 2.27 bits per heavy atom. The molecule has 1 saturated heterocycles. The minimum absolute atomic E-state index is 0.0247. The lowest BCUT2D eigenvalue weighted by molar-refractivity contribution is -0.134. The number of sulfonamides is 1. The van der Waals surface area contributed by atoms with Crippen molar-refractivity contribution >= 4 is 57.0 Å². The predicted octanol–water partition coefficient (Wildman–Crippen LogP) is 4.35. The van der Waals surface area contributed by atoms with Crippen molar-refractivity contribution in [2.45, 2.75) is 37.6 Å². The molecule has 1 heterocycles. The highest BCUT2D eigenvalue weighted by Gasteiger charge is 2.30. The number of nitrogens with one attached hydrogen (secondary N) is 2. The van der Waals surface area contributed by atoms with E-state index in [2.05, 4.69) is 5.32 Å². The largest absolute Gasteiger partial charge is 0.465 e. The number of carboxylic acid groups (broad SMARTS) is 1. The van der Waals surface area contributed by atoms with Gasteiger partial charge in [0.05, 0.1) is 18.1 Å². The van der Waals surface area contributed by atoms with Gasteiger partial charge in [-0.05, 0) is 60.9 Å². The minimum Gasteiger partial charge on any atom is -0.465 e. The van der Waals surface area contributed by atoms with E-state index in [4.69, 9.17) is 34.3 Å². The van der Waals surface area contributed by atoms with Crippen molar-refractivity contribution in [3.63, 3.8) is 0 Å². The first-order valence-electron chi connectivity index (χ1n) is 15.7. The molecule has 5 N–H and O–H groups in total. The lowest BCUT2D eigenvalue weighted by Gasteiger charge is -2.34. The summed E-state index contributed by atoms with van der Waals surface area (Å²) in [5.74, 6) is -1.11. The molecule has 0 aliphatic carbocycles. The molecule has 1 aliphatic heterocycles. The number of hydrogen-bond donors (Lipinski definition) is 4. The Kier molecular flexibility index (Phi) is 13.0. The molecule has 1 aliphatic rings. The molecule has 0 atom stereocenters. The summed E-state index contributed by atoms with van der Waals surface area (Å²) in [6, 6.07) is 18.9. The number of amidine groups is 1. The van der Waals surface area contributed by atoms with Crippen molar-refractivity contribution in [2.24, 2.45) is 11.7 Å². The molecule has 0 aromatic heterocycles. The molecule has 262 valence electrons. The van der Waals surface area contributed by atoms with Crippen LogP contribution < -0.4 is 11.1 Å². The van der Waals surface area contributed by atoms with Crippen LogP contribution in [0.15, 0.2) is 71.6 Å². The fraction of sp³-hybridized carbons (Fsp3) is 0.353. The van der Waals surface area contributed by atoms with Crippen molar-refractivity contribution in [2.75, 3.05) is 39.3 Å². The number of hydrogen-bond acceptors (Lipinski definition) is 6. The number of halogens is 2. The second-order valence-corrected chi connectivity index (χ2v) is 14.6. The van der Waals surface area contributed by atoms with Crippen LogP contribution in [-0.2, 0) is 32.6 Å². The van der Waals surface area contributed by atoms with Gasteiger partial charge in [0.15, 0.2) is 0 Å². The van der Waals surface area contributed by atoms with E-state index in [1.165, 1.54) is 17.0 Å². The maximum atomic E-state index is 13.9. The number of nitrogen functional groups attached to an aromatic ring is 1. The average Bonchev–Trinajstić information content (AvgIpc) is 3.08. The maximum absolute atomic E-state index is 13.9. The first kappa shape index (κ1) is 37.6. The Labute approximate surface area is 296 Å². The highest BCUT2D eigenvalue weighted by atomic mass is 35.5. The van der Waals surface area contributed by atoms with Gasteiger partial charge in [-0.25, -0.2) is 13.2 Å². The number of likely N-dealkylation sites (tertiary alicyclic amines) is 1. The summed E-state index contributed by atoms with van der Waals surface area (Å²) >= 11 is 12.6. The number of nitrogens with zero attached hydrogens (tertiary/aromatic N) is 3. The molecule has 0 bridgehead atoms. The Morgan fingerprint density at radius 1 is 1.00 bits per heavy atom. The molecule has 0 spiro atoms. The number of piperidine rings is 1. The van der Waals surface area contributed by atoms with Crippen LogP contribution in [0.2, 0.25) is 10.0 Å². The van der Waals surface area contributed by atoms with Crippen LogP contribution >= 0.6 is 23.2 Å². The highest BCUT2D eigenvalue weighted by molar-refractivity contribution is 7.89. The van der Waals surface area contributed by atoms with E-state index < -0.39 is 28.6 Å². The van der Waals surface area contributed by atoms with E-state index in [9.17, 15) is 27.9 Å². The molecule has 1 fully saturated rings. The number of benzene rings is 3. The van der Waals surface area contributed by atoms with Gasteiger partial charge in [-0.3, -0.25) is 15.0 Å². The lowest BCUT2D eigenvalue weighted by atomic mass is 9.96. The maximum Gasteiger partial charge on any atom is 0.407 e. The number of carbonyl (C=O) groups is 3. The summed E-state index contributed by atoms with van der Waals surface area (Å²) < 4.78 is 28.8. The van der Waals surface area contributed by atoms with Crippen molar-refractivity contribution in [3.05, 3.63) is 99.0 Å². The molecule has 12 nitrogen and oxygen atoms in total. The monoisotopic (exact) mass is 730 g/mol. The molecule has 0 saturated carbocycles. The zero-order chi connectivity index (χ0) is 35.7. The van der Waals surface area contributed by atoms with E-state index in [0.29, 0.717) is 55.0 Å². The third-order valence-electron chi connectivity index (χ3n) is 8.51. The standard InChI is InChI=1S/C34H40Cl2N6O6S/c1-23-28(35)11-12-29(32(23)36)49(47,48)42(18-15-24-5-3-2-4-6-24)22-30(43)39-19-31(44)41(20-25-7-9-27(10-8-25)33(37)38)21-26-13-16-40(17-14-26)34(45)46/h2-12,26H,13-22H2,1H3,(H3,37,38)(H,39,43)(H,45,46). The Morgan fingerprint density at radius 2 is 1.65 bits per heavy atom. The third kappa shape index (κ3) is 10.2. The van der Waals surface area contributed by atoms with Gasteiger partial charge < -0.3 is 26.0 Å². The first-order valence-corrected chi connectivity index (χ1v) is 17.9. The number of amides is 3. The Bertz CT molecular complexity index is 1770. The molecule has 4 rings (SSSR count). The summed E-state index contributed by atoms with van der Waals surface area (Å²) in [4.78, 5) is 41.0. The van der Waals surface area contributed by atoms with Crippen molar-refractivity contribution < 1.29 is 27.9 Å². The van der Waals surface area contributed by atoms with Crippen LogP contribution in [0.4, 0.5) is 4.79 Å². The van der Waals surface area contributed by atoms with Gasteiger partial charge in [-0.2, -0.15) is 4.31 Å². The lowest BCUT2D eigenvalue weighted by Crippen LogP contribution is -2.47. The quantitative estimate of drug-likeness (QED) is 0.141. The van der Waals surface area contributed by atoms with Crippen LogP contribution in [0, 0.1) is 18.3 Å². The summed E-state index contributed by atoms with van der Waals surface area (Å²) in [5.41, 5.74) is 8.17. The summed E-state index contributed by atoms with van der Waals surface area (Å²) in [6.07, 6.45) is 0.500. The minimum atomic E-state index is -4.25. The molecular formula is C34H40Cl2N6O6S. The SMILES string of the molecule is Cc1c(Cl)ccc(S(=O)(=O)N(CCc2ccccc2)CC(=O)NCC(=O)N(Cc2ccc(C(=N)N)cc2)CC2CCN(C(=O)O)CC2)c1Cl. The van der Waals surface area contributed by atoms with E-state index in [1.54, 1.807) is 36.1 Å². The predicted molar refractivity (Wildman–Crippen MR) is 188 cm³/mol. The Balaban J connectivity index is 1.48. The molecule has 0 radical (unpaired) electrons. The normalized spacial score (nSPS) is 13.7. The zero-order valence-electron chi connectivity index (χ0n) is 27.1. The van der Waals surface area contributed by atoms with Gasteiger partial charge in [0.25, 0.3) is 0 Å². The molecule has 49 heavy (non-hydrogen) atoms. The number of carbonyl (C=O) groups excluding carboxylic acids is 2. The summed E-state index contributed by atoms with van der Waals surface area (Å²) in [7, 11) is -4.25. The molecule has 3 amide bonds. The average molecular weight is 732 g/mol. The van der Waals surface area contributed by atoms with Gasteiger partial charge >= 0.3 is 6.09 Å².